The van der Waals surface area contributed by atoms with Gasteiger partial charge in [-0.25, -0.2) is 0 Å². The van der Waals surface area contributed by atoms with Gasteiger partial charge < -0.3 is 10.3 Å². The number of nitro groups is 1. The van der Waals surface area contributed by atoms with E-state index < -0.39 is 4.92 Å². The molecule has 1 amide bonds. The van der Waals surface area contributed by atoms with E-state index in [0.29, 0.717) is 16.5 Å². The average molecular weight is 359 g/mol. The number of H-pyrrole nitrogens is 1. The van der Waals surface area contributed by atoms with Gasteiger partial charge in [0.2, 0.25) is 0 Å². The smallest absolute Gasteiger partial charge is 0.270 e. The minimum Gasteiger partial charge on any atom is -0.360 e. The molecule has 0 saturated carbocycles. The highest BCUT2D eigenvalue weighted by atomic mass is 16.6. The number of nitro benzene ring substituents is 1. The van der Waals surface area contributed by atoms with Crippen molar-refractivity contribution in [3.05, 3.63) is 88.1 Å². The first kappa shape index (κ1) is 16.8. The molecule has 1 atom stereocenters. The lowest BCUT2D eigenvalue weighted by Gasteiger charge is -2.16. The predicted molar refractivity (Wildman–Crippen MR) is 105 cm³/mol. The molecule has 1 heterocycles. The molecule has 0 spiro atoms. The van der Waals surface area contributed by atoms with Crippen LogP contribution in [0.2, 0.25) is 0 Å². The highest BCUT2D eigenvalue weighted by molar-refractivity contribution is 6.07. The van der Waals surface area contributed by atoms with E-state index in [0.717, 1.165) is 16.3 Å². The Morgan fingerprint density at radius 2 is 1.85 bits per heavy atom. The molecule has 0 saturated heterocycles. The Hall–Kier alpha value is -3.67. The molecule has 6 heteroatoms. The highest BCUT2D eigenvalue weighted by Gasteiger charge is 2.18. The molecule has 134 valence electrons. The lowest BCUT2D eigenvalue weighted by atomic mass is 9.99. The lowest BCUT2D eigenvalue weighted by molar-refractivity contribution is -0.384. The van der Waals surface area contributed by atoms with Crippen molar-refractivity contribution in [1.82, 2.24) is 10.3 Å². The Bertz CT molecular complexity index is 1170. The van der Waals surface area contributed by atoms with E-state index in [1.54, 1.807) is 12.3 Å². The summed E-state index contributed by atoms with van der Waals surface area (Å²) in [6.45, 7) is 1.93. The van der Waals surface area contributed by atoms with Gasteiger partial charge in [-0.2, -0.15) is 0 Å². The molecule has 2 N–H and O–H groups in total. The van der Waals surface area contributed by atoms with Crippen molar-refractivity contribution in [3.63, 3.8) is 0 Å². The quantitative estimate of drug-likeness (QED) is 0.408. The van der Waals surface area contributed by atoms with Crippen LogP contribution in [-0.4, -0.2) is 15.8 Å². The molecule has 6 nitrogen and oxygen atoms in total. The summed E-state index contributed by atoms with van der Waals surface area (Å²) < 4.78 is 0. The number of benzene rings is 3. The van der Waals surface area contributed by atoms with E-state index in [9.17, 15) is 14.9 Å². The van der Waals surface area contributed by atoms with Crippen molar-refractivity contribution in [2.24, 2.45) is 0 Å². The molecule has 27 heavy (non-hydrogen) atoms. The number of carbonyl (C=O) groups is 1. The van der Waals surface area contributed by atoms with Gasteiger partial charge in [-0.1, -0.05) is 42.5 Å². The fourth-order valence-corrected chi connectivity index (χ4v) is 3.39. The van der Waals surface area contributed by atoms with Crippen LogP contribution in [0.3, 0.4) is 0 Å². The fraction of sp³-hybridized carbons (Fsp3) is 0.0952. The summed E-state index contributed by atoms with van der Waals surface area (Å²) in [6, 6.07) is 18.2. The molecule has 0 aliphatic heterocycles. The average Bonchev–Trinajstić information content (AvgIpc) is 3.10. The van der Waals surface area contributed by atoms with Crippen LogP contribution in [0, 0.1) is 10.1 Å². The summed E-state index contributed by atoms with van der Waals surface area (Å²) >= 11 is 0. The van der Waals surface area contributed by atoms with E-state index in [1.165, 1.54) is 12.1 Å². The summed E-state index contributed by atoms with van der Waals surface area (Å²) in [6.07, 6.45) is 1.58. The number of fused-ring (bicyclic) bond motifs is 2. The zero-order chi connectivity index (χ0) is 19.0. The van der Waals surface area contributed by atoms with Crippen molar-refractivity contribution in [2.75, 3.05) is 0 Å². The Kier molecular flexibility index (Phi) is 4.08. The molecule has 1 aromatic heterocycles. The fourth-order valence-electron chi connectivity index (χ4n) is 3.39. The number of amides is 1. The van der Waals surface area contributed by atoms with Gasteiger partial charge in [0.05, 0.1) is 16.5 Å². The molecule has 4 aromatic rings. The molecule has 0 aliphatic carbocycles. The number of carbonyl (C=O) groups excluding carboxylic acids is 1. The van der Waals surface area contributed by atoms with Gasteiger partial charge in [-0.05, 0) is 29.3 Å². The van der Waals surface area contributed by atoms with Crippen LogP contribution in [-0.2, 0) is 0 Å². The number of nitrogens with zero attached hydrogens (tertiary/aromatic N) is 1. The van der Waals surface area contributed by atoms with Crippen molar-refractivity contribution in [1.29, 1.82) is 0 Å². The molecule has 0 fully saturated rings. The number of aromatic amines is 1. The number of hydrogen-bond donors (Lipinski definition) is 2. The van der Waals surface area contributed by atoms with Crippen LogP contribution >= 0.6 is 0 Å². The third-order valence-electron chi connectivity index (χ3n) is 4.76. The van der Waals surface area contributed by atoms with Gasteiger partial charge in [-0.15, -0.1) is 0 Å². The maximum Gasteiger partial charge on any atom is 0.270 e. The molecule has 0 aliphatic rings. The summed E-state index contributed by atoms with van der Waals surface area (Å²) in [5.41, 5.74) is 2.05. The lowest BCUT2D eigenvalue weighted by Crippen LogP contribution is -2.26. The maximum absolute atomic E-state index is 12.8. The second-order valence-corrected chi connectivity index (χ2v) is 6.45. The molecule has 0 radical (unpaired) electrons. The number of aromatic nitrogens is 1. The third-order valence-corrected chi connectivity index (χ3v) is 4.76. The van der Waals surface area contributed by atoms with Crippen molar-refractivity contribution in [3.8, 4) is 0 Å². The minimum absolute atomic E-state index is 0.0433. The topological polar surface area (TPSA) is 88.0 Å². The first-order valence-corrected chi connectivity index (χ1v) is 8.58. The largest absolute Gasteiger partial charge is 0.360 e. The number of hydrogen-bond acceptors (Lipinski definition) is 3. The van der Waals surface area contributed by atoms with E-state index in [2.05, 4.69) is 10.3 Å². The van der Waals surface area contributed by atoms with Crippen LogP contribution in [0.15, 0.2) is 66.9 Å². The molecular formula is C21H17N3O3. The van der Waals surface area contributed by atoms with E-state index in [1.807, 2.05) is 49.4 Å². The number of non-ortho nitro benzene ring substituents is 1. The van der Waals surface area contributed by atoms with Crippen LogP contribution in [0.25, 0.3) is 21.7 Å². The van der Waals surface area contributed by atoms with Gasteiger partial charge in [0.15, 0.2) is 0 Å². The molecule has 1 unspecified atom stereocenters. The van der Waals surface area contributed by atoms with Crippen LogP contribution in [0.4, 0.5) is 5.69 Å². The van der Waals surface area contributed by atoms with Crippen LogP contribution in [0.1, 0.15) is 28.9 Å². The van der Waals surface area contributed by atoms with Gasteiger partial charge >= 0.3 is 0 Å². The van der Waals surface area contributed by atoms with Crippen molar-refractivity contribution >= 4 is 33.3 Å². The second kappa shape index (κ2) is 6.57. The first-order valence-electron chi connectivity index (χ1n) is 8.58. The summed E-state index contributed by atoms with van der Waals surface area (Å²) in [4.78, 5) is 26.4. The normalized spacial score (nSPS) is 12.2. The standard InChI is InChI=1S/C21H17N3O3/c1-13(16-8-4-6-14-5-2-3-7-17(14)16)23-21(25)19-12-22-20-10-9-15(24(26)27)11-18(19)20/h2-13,22H,1H3,(H,23,25). The maximum atomic E-state index is 12.8. The van der Waals surface area contributed by atoms with Crippen LogP contribution < -0.4 is 5.32 Å². The SMILES string of the molecule is CC(NC(=O)c1c[nH]c2ccc([N+](=O)[O-])cc12)c1cccc2ccccc12. The highest BCUT2D eigenvalue weighted by Crippen LogP contribution is 2.26. The zero-order valence-corrected chi connectivity index (χ0v) is 14.6. The number of rotatable bonds is 4. The van der Waals surface area contributed by atoms with E-state index in [4.69, 9.17) is 0 Å². The second-order valence-electron chi connectivity index (χ2n) is 6.45. The van der Waals surface area contributed by atoms with Crippen molar-refractivity contribution in [2.45, 2.75) is 13.0 Å². The molecular weight excluding hydrogens is 342 g/mol. The van der Waals surface area contributed by atoms with E-state index >= 15 is 0 Å². The monoisotopic (exact) mass is 359 g/mol. The molecule has 4 rings (SSSR count). The van der Waals surface area contributed by atoms with Gasteiger partial charge in [0.1, 0.15) is 0 Å². The Labute approximate surface area is 155 Å². The number of nitrogens with one attached hydrogen (secondary N) is 2. The van der Waals surface area contributed by atoms with Gasteiger partial charge in [0, 0.05) is 29.2 Å². The van der Waals surface area contributed by atoms with Crippen LogP contribution in [0.5, 0.6) is 0 Å². The Balaban J connectivity index is 1.66. The van der Waals surface area contributed by atoms with Gasteiger partial charge in [-0.3, -0.25) is 14.9 Å². The third kappa shape index (κ3) is 3.01. The van der Waals surface area contributed by atoms with E-state index in [-0.39, 0.29) is 17.6 Å². The van der Waals surface area contributed by atoms with Gasteiger partial charge in [0.25, 0.3) is 11.6 Å². The Morgan fingerprint density at radius 1 is 1.07 bits per heavy atom. The summed E-state index contributed by atoms with van der Waals surface area (Å²) in [5.74, 6) is -0.276. The predicted octanol–water partition coefficient (Wildman–Crippen LogP) is 4.72. The molecule has 0 bridgehead atoms. The minimum atomic E-state index is -0.465. The van der Waals surface area contributed by atoms with Crippen molar-refractivity contribution < 1.29 is 9.72 Å². The first-order chi connectivity index (χ1) is 13.0. The summed E-state index contributed by atoms with van der Waals surface area (Å²) in [7, 11) is 0. The zero-order valence-electron chi connectivity index (χ0n) is 14.6. The Morgan fingerprint density at radius 3 is 2.67 bits per heavy atom. The molecule has 3 aromatic carbocycles. The summed E-state index contributed by atoms with van der Waals surface area (Å²) in [5, 5.41) is 16.8.